The first kappa shape index (κ1) is 13.6. The summed E-state index contributed by atoms with van der Waals surface area (Å²) in [5.74, 6) is 2.36. The predicted molar refractivity (Wildman–Crippen MR) is 80.2 cm³/mol. The second-order valence-corrected chi connectivity index (χ2v) is 6.38. The Morgan fingerprint density at radius 2 is 2.05 bits per heavy atom. The Morgan fingerprint density at radius 1 is 1.25 bits per heavy atom. The highest BCUT2D eigenvalue weighted by Crippen LogP contribution is 2.47. The van der Waals surface area contributed by atoms with Gasteiger partial charge >= 0.3 is 0 Å². The van der Waals surface area contributed by atoms with Crippen LogP contribution in [0.3, 0.4) is 0 Å². The highest BCUT2D eigenvalue weighted by molar-refractivity contribution is 5.83. The minimum Gasteiger partial charge on any atom is -0.355 e. The van der Waals surface area contributed by atoms with E-state index in [1.807, 2.05) is 30.3 Å². The van der Waals surface area contributed by atoms with Gasteiger partial charge in [-0.05, 0) is 42.6 Å². The number of hydrogen-bond donors (Lipinski definition) is 2. The molecule has 2 aliphatic rings. The van der Waals surface area contributed by atoms with Gasteiger partial charge in [0.15, 0.2) is 0 Å². The number of rotatable bonds is 5. The van der Waals surface area contributed by atoms with Crippen LogP contribution in [0.2, 0.25) is 0 Å². The number of hydrogen-bond acceptors (Lipinski definition) is 2. The molecule has 0 radical (unpaired) electrons. The van der Waals surface area contributed by atoms with E-state index in [9.17, 15) is 4.79 Å². The van der Waals surface area contributed by atoms with Crippen LogP contribution in [0, 0.1) is 17.8 Å². The average molecular weight is 272 g/mol. The van der Waals surface area contributed by atoms with Crippen LogP contribution in [0.25, 0.3) is 0 Å². The molecule has 1 amide bonds. The lowest BCUT2D eigenvalue weighted by Gasteiger charge is -2.23. The van der Waals surface area contributed by atoms with Crippen LogP contribution < -0.4 is 11.1 Å². The minimum atomic E-state index is -0.213. The maximum absolute atomic E-state index is 12.3. The monoisotopic (exact) mass is 272 g/mol. The number of benzene rings is 1. The summed E-state index contributed by atoms with van der Waals surface area (Å²) in [6, 6.07) is 9.84. The molecule has 2 aliphatic carbocycles. The zero-order chi connectivity index (χ0) is 13.9. The highest BCUT2D eigenvalue weighted by Gasteiger charge is 2.39. The molecule has 1 aromatic carbocycles. The molecule has 4 unspecified atom stereocenters. The normalized spacial score (nSPS) is 29.4. The fourth-order valence-corrected chi connectivity index (χ4v) is 4.06. The van der Waals surface area contributed by atoms with Crippen LogP contribution in [0.15, 0.2) is 30.3 Å². The van der Waals surface area contributed by atoms with Crippen molar-refractivity contribution in [3.05, 3.63) is 35.9 Å². The first-order valence-corrected chi connectivity index (χ1v) is 7.80. The smallest absolute Gasteiger partial charge is 0.228 e. The molecule has 0 saturated heterocycles. The molecule has 3 N–H and O–H groups in total. The van der Waals surface area contributed by atoms with E-state index in [0.717, 1.165) is 23.9 Å². The van der Waals surface area contributed by atoms with Gasteiger partial charge in [-0.3, -0.25) is 4.79 Å². The van der Waals surface area contributed by atoms with E-state index in [1.165, 1.54) is 25.7 Å². The molecule has 3 nitrogen and oxygen atoms in total. The fraction of sp³-hybridized carbons (Fsp3) is 0.588. The van der Waals surface area contributed by atoms with Gasteiger partial charge in [-0.15, -0.1) is 0 Å². The Bertz CT molecular complexity index is 459. The third kappa shape index (κ3) is 2.73. The van der Waals surface area contributed by atoms with Crippen LogP contribution in [-0.4, -0.2) is 19.0 Å². The summed E-state index contributed by atoms with van der Waals surface area (Å²) < 4.78 is 0. The molecule has 1 aromatic rings. The number of amides is 1. The molecule has 0 aliphatic heterocycles. The Hall–Kier alpha value is -1.35. The minimum absolute atomic E-state index is 0.0847. The maximum Gasteiger partial charge on any atom is 0.228 e. The topological polar surface area (TPSA) is 55.1 Å². The van der Waals surface area contributed by atoms with E-state index >= 15 is 0 Å². The largest absolute Gasteiger partial charge is 0.355 e. The van der Waals surface area contributed by atoms with E-state index in [0.29, 0.717) is 12.5 Å². The molecule has 20 heavy (non-hydrogen) atoms. The standard InChI is InChI=1S/C17H24N2O/c18-10-16(13-4-2-1-3-5-13)17(20)19-11-15-9-12-6-7-14(15)8-12/h1-5,12,14-16H,6-11,18H2,(H,19,20). The van der Waals surface area contributed by atoms with Gasteiger partial charge in [-0.25, -0.2) is 0 Å². The molecular weight excluding hydrogens is 248 g/mol. The lowest BCUT2D eigenvalue weighted by molar-refractivity contribution is -0.122. The summed E-state index contributed by atoms with van der Waals surface area (Å²) in [7, 11) is 0. The van der Waals surface area contributed by atoms with Crippen molar-refractivity contribution in [1.29, 1.82) is 0 Å². The summed E-state index contributed by atoms with van der Waals surface area (Å²) in [6.07, 6.45) is 5.47. The first-order valence-electron chi connectivity index (χ1n) is 7.80. The molecule has 4 atom stereocenters. The van der Waals surface area contributed by atoms with Crippen molar-refractivity contribution in [1.82, 2.24) is 5.32 Å². The SMILES string of the molecule is NCC(C(=O)NCC1CC2CCC1C2)c1ccccc1. The molecule has 108 valence electrons. The molecule has 3 heteroatoms. The number of carbonyl (C=O) groups is 1. The molecule has 3 rings (SSSR count). The van der Waals surface area contributed by atoms with E-state index in [4.69, 9.17) is 5.73 Å². The van der Waals surface area contributed by atoms with Gasteiger partial charge < -0.3 is 11.1 Å². The Kier molecular flexibility index (Phi) is 4.06. The molecule has 0 spiro atoms. The Balaban J connectivity index is 1.55. The molecule has 2 saturated carbocycles. The Morgan fingerprint density at radius 3 is 2.65 bits per heavy atom. The van der Waals surface area contributed by atoms with Crippen LogP contribution in [0.4, 0.5) is 0 Å². The zero-order valence-corrected chi connectivity index (χ0v) is 11.9. The number of nitrogens with two attached hydrogens (primary N) is 1. The fourth-order valence-electron chi connectivity index (χ4n) is 4.06. The van der Waals surface area contributed by atoms with Crippen molar-refractivity contribution < 1.29 is 4.79 Å². The quantitative estimate of drug-likeness (QED) is 0.864. The van der Waals surface area contributed by atoms with E-state index < -0.39 is 0 Å². The molecular formula is C17H24N2O. The molecule has 2 fully saturated rings. The van der Waals surface area contributed by atoms with Crippen molar-refractivity contribution in [2.45, 2.75) is 31.6 Å². The van der Waals surface area contributed by atoms with Gasteiger partial charge in [0.25, 0.3) is 0 Å². The lowest BCUT2D eigenvalue weighted by Crippen LogP contribution is -2.37. The van der Waals surface area contributed by atoms with E-state index in [1.54, 1.807) is 0 Å². The van der Waals surface area contributed by atoms with Gasteiger partial charge in [0, 0.05) is 13.1 Å². The maximum atomic E-state index is 12.3. The van der Waals surface area contributed by atoms with Crippen LogP contribution in [0.1, 0.15) is 37.2 Å². The summed E-state index contributed by atoms with van der Waals surface area (Å²) in [5.41, 5.74) is 6.80. The molecule has 0 heterocycles. The van der Waals surface area contributed by atoms with Gasteiger partial charge in [-0.2, -0.15) is 0 Å². The van der Waals surface area contributed by atoms with Crippen molar-refractivity contribution in [3.63, 3.8) is 0 Å². The number of carbonyl (C=O) groups excluding carboxylic acids is 1. The average Bonchev–Trinajstić information content (AvgIpc) is 3.09. The van der Waals surface area contributed by atoms with Crippen molar-refractivity contribution >= 4 is 5.91 Å². The number of fused-ring (bicyclic) bond motifs is 2. The third-order valence-corrected chi connectivity index (χ3v) is 5.18. The predicted octanol–water partition coefficient (Wildman–Crippen LogP) is 2.28. The van der Waals surface area contributed by atoms with E-state index in [2.05, 4.69) is 5.32 Å². The van der Waals surface area contributed by atoms with Crippen LogP contribution >= 0.6 is 0 Å². The molecule has 2 bridgehead atoms. The third-order valence-electron chi connectivity index (χ3n) is 5.18. The van der Waals surface area contributed by atoms with Crippen molar-refractivity contribution in [2.75, 3.05) is 13.1 Å². The second-order valence-electron chi connectivity index (χ2n) is 6.38. The van der Waals surface area contributed by atoms with Gasteiger partial charge in [0.2, 0.25) is 5.91 Å². The zero-order valence-electron chi connectivity index (χ0n) is 11.9. The van der Waals surface area contributed by atoms with Gasteiger partial charge in [0.05, 0.1) is 5.92 Å². The summed E-state index contributed by atoms with van der Waals surface area (Å²) in [4.78, 5) is 12.3. The summed E-state index contributed by atoms with van der Waals surface area (Å²) >= 11 is 0. The summed E-state index contributed by atoms with van der Waals surface area (Å²) in [6.45, 7) is 1.20. The van der Waals surface area contributed by atoms with Crippen molar-refractivity contribution in [2.24, 2.45) is 23.5 Å². The highest BCUT2D eigenvalue weighted by atomic mass is 16.1. The first-order chi connectivity index (χ1) is 9.78. The van der Waals surface area contributed by atoms with Gasteiger partial charge in [0.1, 0.15) is 0 Å². The molecule has 0 aromatic heterocycles. The summed E-state index contributed by atoms with van der Waals surface area (Å²) in [5, 5.41) is 3.14. The Labute approximate surface area is 120 Å². The van der Waals surface area contributed by atoms with Crippen molar-refractivity contribution in [3.8, 4) is 0 Å². The van der Waals surface area contributed by atoms with E-state index in [-0.39, 0.29) is 11.8 Å². The van der Waals surface area contributed by atoms with Crippen LogP contribution in [-0.2, 0) is 4.79 Å². The second kappa shape index (κ2) is 5.96. The number of nitrogens with one attached hydrogen (secondary N) is 1. The van der Waals surface area contributed by atoms with Gasteiger partial charge in [-0.1, -0.05) is 36.8 Å². The lowest BCUT2D eigenvalue weighted by atomic mass is 9.88. The van der Waals surface area contributed by atoms with Crippen LogP contribution in [0.5, 0.6) is 0 Å².